The third kappa shape index (κ3) is 3.10. The fourth-order valence-corrected chi connectivity index (χ4v) is 2.62. The minimum Gasteiger partial charge on any atom is -0.355 e. The molecule has 1 unspecified atom stereocenters. The van der Waals surface area contributed by atoms with E-state index >= 15 is 0 Å². The van der Waals surface area contributed by atoms with E-state index in [1.807, 2.05) is 0 Å². The maximum absolute atomic E-state index is 11.9. The Hall–Kier alpha value is -0.820. The summed E-state index contributed by atoms with van der Waals surface area (Å²) < 4.78 is 0.876. The van der Waals surface area contributed by atoms with Crippen LogP contribution < -0.4 is 10.6 Å². The van der Waals surface area contributed by atoms with E-state index in [-0.39, 0.29) is 24.2 Å². The summed E-state index contributed by atoms with van der Waals surface area (Å²) in [5.74, 6) is -0.492. The Morgan fingerprint density at radius 2 is 2.29 bits per heavy atom. The molecule has 1 aliphatic rings. The van der Waals surface area contributed by atoms with E-state index in [0.29, 0.717) is 11.6 Å². The number of carbonyl (C=O) groups is 2. The molecule has 0 spiro atoms. The number of nitrogens with one attached hydrogen (secondary N) is 2. The summed E-state index contributed by atoms with van der Waals surface area (Å²) in [6.07, 6.45) is 0.260. The van der Waals surface area contributed by atoms with Gasteiger partial charge in [-0.2, -0.15) is 0 Å². The van der Waals surface area contributed by atoms with Gasteiger partial charge >= 0.3 is 0 Å². The van der Waals surface area contributed by atoms with Crippen LogP contribution in [0.1, 0.15) is 6.42 Å². The first-order valence-electron chi connectivity index (χ1n) is 5.09. The second kappa shape index (κ2) is 5.22. The number of rotatable bonds is 2. The Kier molecular flexibility index (Phi) is 3.88. The largest absolute Gasteiger partial charge is 0.355 e. The highest BCUT2D eigenvalue weighted by molar-refractivity contribution is 14.1. The van der Waals surface area contributed by atoms with E-state index < -0.39 is 0 Å². The van der Waals surface area contributed by atoms with Gasteiger partial charge in [0.1, 0.15) is 0 Å². The molecular formula is C11H10ClIN2O2. The molecule has 1 heterocycles. The molecule has 17 heavy (non-hydrogen) atoms. The van der Waals surface area contributed by atoms with Crippen molar-refractivity contribution in [3.05, 3.63) is 26.8 Å². The predicted octanol–water partition coefficient (Wildman–Crippen LogP) is 2.02. The fraction of sp³-hybridized carbons (Fsp3) is 0.273. The number of hydrogen-bond donors (Lipinski definition) is 2. The van der Waals surface area contributed by atoms with Gasteiger partial charge in [-0.15, -0.1) is 0 Å². The molecule has 0 bridgehead atoms. The highest BCUT2D eigenvalue weighted by Crippen LogP contribution is 2.23. The lowest BCUT2D eigenvalue weighted by Gasteiger charge is -2.10. The van der Waals surface area contributed by atoms with E-state index in [2.05, 4.69) is 33.2 Å². The van der Waals surface area contributed by atoms with Crippen LogP contribution in [-0.4, -0.2) is 18.4 Å². The zero-order valence-electron chi connectivity index (χ0n) is 8.80. The molecule has 1 saturated heterocycles. The van der Waals surface area contributed by atoms with Gasteiger partial charge in [0, 0.05) is 21.6 Å². The molecule has 1 aliphatic heterocycles. The Morgan fingerprint density at radius 1 is 1.53 bits per heavy atom. The smallest absolute Gasteiger partial charge is 0.229 e. The number of amides is 2. The number of carbonyl (C=O) groups excluding carboxylic acids is 2. The van der Waals surface area contributed by atoms with Crippen LogP contribution >= 0.6 is 34.2 Å². The van der Waals surface area contributed by atoms with Gasteiger partial charge in [0.2, 0.25) is 11.8 Å². The molecule has 0 saturated carbocycles. The number of benzene rings is 1. The van der Waals surface area contributed by atoms with E-state index in [4.69, 9.17) is 11.6 Å². The molecule has 2 rings (SSSR count). The quantitative estimate of drug-likeness (QED) is 0.789. The summed E-state index contributed by atoms with van der Waals surface area (Å²) in [7, 11) is 0. The fourth-order valence-electron chi connectivity index (χ4n) is 1.62. The highest BCUT2D eigenvalue weighted by atomic mass is 127. The van der Waals surface area contributed by atoms with Gasteiger partial charge in [-0.05, 0) is 40.8 Å². The van der Waals surface area contributed by atoms with Crippen molar-refractivity contribution in [3.63, 3.8) is 0 Å². The topological polar surface area (TPSA) is 58.2 Å². The van der Waals surface area contributed by atoms with Crippen molar-refractivity contribution in [1.82, 2.24) is 5.32 Å². The first kappa shape index (κ1) is 12.6. The molecule has 1 aromatic carbocycles. The number of halogens is 2. The lowest BCUT2D eigenvalue weighted by Crippen LogP contribution is -2.25. The van der Waals surface area contributed by atoms with Gasteiger partial charge in [-0.1, -0.05) is 11.6 Å². The summed E-state index contributed by atoms with van der Waals surface area (Å²) in [6.45, 7) is 0.412. The van der Waals surface area contributed by atoms with Gasteiger partial charge in [-0.25, -0.2) is 0 Å². The second-order valence-electron chi connectivity index (χ2n) is 3.82. The van der Waals surface area contributed by atoms with E-state index in [9.17, 15) is 9.59 Å². The molecule has 2 N–H and O–H groups in total. The average Bonchev–Trinajstić information content (AvgIpc) is 2.69. The van der Waals surface area contributed by atoms with Crippen LogP contribution in [-0.2, 0) is 9.59 Å². The van der Waals surface area contributed by atoms with Crippen LogP contribution in [0.3, 0.4) is 0 Å². The molecule has 4 nitrogen and oxygen atoms in total. The zero-order chi connectivity index (χ0) is 12.4. The first-order chi connectivity index (χ1) is 8.06. The molecule has 1 atom stereocenters. The maximum Gasteiger partial charge on any atom is 0.229 e. The Bertz CT molecular complexity index is 479. The Balaban J connectivity index is 2.05. The predicted molar refractivity (Wildman–Crippen MR) is 73.9 cm³/mol. The minimum absolute atomic E-state index is 0.0732. The normalized spacial score (nSPS) is 18.9. The van der Waals surface area contributed by atoms with Crippen molar-refractivity contribution < 1.29 is 9.59 Å². The van der Waals surface area contributed by atoms with Gasteiger partial charge in [0.15, 0.2) is 0 Å². The molecule has 0 radical (unpaired) electrons. The lowest BCUT2D eigenvalue weighted by atomic mass is 10.1. The summed E-state index contributed by atoms with van der Waals surface area (Å²) >= 11 is 7.93. The number of anilines is 1. The van der Waals surface area contributed by atoms with Crippen LogP contribution in [0.25, 0.3) is 0 Å². The molecule has 1 aromatic rings. The first-order valence-corrected chi connectivity index (χ1v) is 6.54. The van der Waals surface area contributed by atoms with E-state index in [0.717, 1.165) is 9.26 Å². The molecule has 6 heteroatoms. The van der Waals surface area contributed by atoms with Gasteiger partial charge in [0.25, 0.3) is 0 Å². The van der Waals surface area contributed by atoms with Crippen molar-refractivity contribution in [1.29, 1.82) is 0 Å². The van der Waals surface area contributed by atoms with Crippen molar-refractivity contribution in [2.45, 2.75) is 6.42 Å². The SMILES string of the molecule is O=C1CC(C(=O)Nc2ccc(Cl)cc2I)CN1. The van der Waals surface area contributed by atoms with Crippen molar-refractivity contribution in [2.24, 2.45) is 5.92 Å². The third-order valence-electron chi connectivity index (χ3n) is 2.54. The van der Waals surface area contributed by atoms with Crippen LogP contribution in [0.4, 0.5) is 5.69 Å². The Labute approximate surface area is 117 Å². The second-order valence-corrected chi connectivity index (χ2v) is 5.42. The summed E-state index contributed by atoms with van der Waals surface area (Å²) in [5, 5.41) is 6.07. The molecule has 0 aromatic heterocycles. The molecule has 0 aliphatic carbocycles. The lowest BCUT2D eigenvalue weighted by molar-refractivity contribution is -0.123. The monoisotopic (exact) mass is 364 g/mol. The minimum atomic E-state index is -0.283. The summed E-state index contributed by atoms with van der Waals surface area (Å²) in [6, 6.07) is 5.25. The molecule has 2 amide bonds. The van der Waals surface area contributed by atoms with E-state index in [1.165, 1.54) is 0 Å². The van der Waals surface area contributed by atoms with Gasteiger partial charge < -0.3 is 10.6 Å². The average molecular weight is 365 g/mol. The number of hydrogen-bond acceptors (Lipinski definition) is 2. The third-order valence-corrected chi connectivity index (χ3v) is 3.66. The van der Waals surface area contributed by atoms with Crippen molar-refractivity contribution in [3.8, 4) is 0 Å². The maximum atomic E-state index is 11.9. The van der Waals surface area contributed by atoms with E-state index in [1.54, 1.807) is 18.2 Å². The van der Waals surface area contributed by atoms with Gasteiger partial charge in [0.05, 0.1) is 11.6 Å². The highest BCUT2D eigenvalue weighted by Gasteiger charge is 2.28. The van der Waals surface area contributed by atoms with Gasteiger partial charge in [-0.3, -0.25) is 9.59 Å². The molecular weight excluding hydrogens is 354 g/mol. The molecule has 90 valence electrons. The van der Waals surface area contributed by atoms with Crippen LogP contribution in [0.5, 0.6) is 0 Å². The standard InChI is InChI=1S/C11H10ClIN2O2/c12-7-1-2-9(8(13)4-7)15-11(17)6-3-10(16)14-5-6/h1-2,4,6H,3,5H2,(H,14,16)(H,15,17). The van der Waals surface area contributed by atoms with Crippen LogP contribution in [0, 0.1) is 9.49 Å². The van der Waals surface area contributed by atoms with Crippen LogP contribution in [0.2, 0.25) is 5.02 Å². The van der Waals surface area contributed by atoms with Crippen molar-refractivity contribution >= 4 is 51.7 Å². The zero-order valence-corrected chi connectivity index (χ0v) is 11.7. The summed E-state index contributed by atoms with van der Waals surface area (Å²) in [4.78, 5) is 22.9. The molecule has 1 fully saturated rings. The Morgan fingerprint density at radius 3 is 2.88 bits per heavy atom. The van der Waals surface area contributed by atoms with Crippen molar-refractivity contribution in [2.75, 3.05) is 11.9 Å². The summed E-state index contributed by atoms with van der Waals surface area (Å²) in [5.41, 5.74) is 0.722. The van der Waals surface area contributed by atoms with Crippen LogP contribution in [0.15, 0.2) is 18.2 Å².